The van der Waals surface area contributed by atoms with Gasteiger partial charge >= 0.3 is 5.97 Å². The van der Waals surface area contributed by atoms with E-state index in [1.165, 1.54) is 7.11 Å². The van der Waals surface area contributed by atoms with Crippen molar-refractivity contribution in [2.75, 3.05) is 7.11 Å². The molecule has 0 radical (unpaired) electrons. The number of hydrogen-bond donors (Lipinski definition) is 0. The smallest absolute Gasteiger partial charge is 0.305 e. The van der Waals surface area contributed by atoms with Crippen LogP contribution in [-0.2, 0) is 14.3 Å². The van der Waals surface area contributed by atoms with Crippen LogP contribution in [0.3, 0.4) is 0 Å². The van der Waals surface area contributed by atoms with Gasteiger partial charge in [0.1, 0.15) is 0 Å². The van der Waals surface area contributed by atoms with E-state index in [4.69, 9.17) is 11.6 Å². The SMILES string of the molecule is COC(=O)CCC(C)C(=O)Cl. The van der Waals surface area contributed by atoms with Gasteiger partial charge in [-0.15, -0.1) is 0 Å². The second kappa shape index (κ2) is 5.13. The van der Waals surface area contributed by atoms with Crippen LogP contribution < -0.4 is 0 Å². The Labute approximate surface area is 70.7 Å². The summed E-state index contributed by atoms with van der Waals surface area (Å²) in [6.07, 6.45) is 0.700. The lowest BCUT2D eigenvalue weighted by molar-refractivity contribution is -0.140. The quantitative estimate of drug-likeness (QED) is 0.482. The highest BCUT2D eigenvalue weighted by Crippen LogP contribution is 2.09. The molecule has 4 heteroatoms. The van der Waals surface area contributed by atoms with Gasteiger partial charge in [-0.2, -0.15) is 0 Å². The minimum absolute atomic E-state index is 0.246. The van der Waals surface area contributed by atoms with Crippen molar-refractivity contribution in [3.05, 3.63) is 0 Å². The van der Waals surface area contributed by atoms with E-state index in [0.29, 0.717) is 6.42 Å². The minimum Gasteiger partial charge on any atom is -0.469 e. The second-order valence-electron chi connectivity index (χ2n) is 2.32. The summed E-state index contributed by atoms with van der Waals surface area (Å²) in [5.41, 5.74) is 0. The monoisotopic (exact) mass is 178 g/mol. The van der Waals surface area contributed by atoms with Crippen molar-refractivity contribution in [1.82, 2.24) is 0 Å². The first-order valence-electron chi connectivity index (χ1n) is 3.34. The van der Waals surface area contributed by atoms with Crippen LogP contribution in [0, 0.1) is 5.92 Å². The highest BCUT2D eigenvalue weighted by atomic mass is 35.5. The summed E-state index contributed by atoms with van der Waals surface area (Å²) in [4.78, 5) is 21.0. The number of ether oxygens (including phenoxy) is 1. The first kappa shape index (κ1) is 10.4. The standard InChI is InChI=1S/C7H11ClO3/c1-5(7(8)10)3-4-6(9)11-2/h5H,3-4H2,1-2H3. The molecule has 0 saturated carbocycles. The van der Waals surface area contributed by atoms with Crippen molar-refractivity contribution >= 4 is 22.8 Å². The molecule has 0 aromatic heterocycles. The van der Waals surface area contributed by atoms with Crippen LogP contribution in [0.5, 0.6) is 0 Å². The Balaban J connectivity index is 3.54. The predicted molar refractivity (Wildman–Crippen MR) is 41.3 cm³/mol. The van der Waals surface area contributed by atoms with Crippen LogP contribution in [-0.4, -0.2) is 18.3 Å². The van der Waals surface area contributed by atoms with Crippen LogP contribution in [0.4, 0.5) is 0 Å². The van der Waals surface area contributed by atoms with E-state index in [9.17, 15) is 9.59 Å². The van der Waals surface area contributed by atoms with Crippen molar-refractivity contribution in [2.24, 2.45) is 5.92 Å². The van der Waals surface area contributed by atoms with Crippen molar-refractivity contribution in [3.63, 3.8) is 0 Å². The van der Waals surface area contributed by atoms with Crippen LogP contribution in [0.1, 0.15) is 19.8 Å². The van der Waals surface area contributed by atoms with Crippen LogP contribution in [0.15, 0.2) is 0 Å². The second-order valence-corrected chi connectivity index (χ2v) is 2.69. The van der Waals surface area contributed by atoms with E-state index in [2.05, 4.69) is 4.74 Å². The van der Waals surface area contributed by atoms with Crippen LogP contribution >= 0.6 is 11.6 Å². The third-order valence-electron chi connectivity index (χ3n) is 1.40. The maximum atomic E-state index is 10.6. The Morgan fingerprint density at radius 1 is 1.55 bits per heavy atom. The van der Waals surface area contributed by atoms with Crippen molar-refractivity contribution in [2.45, 2.75) is 19.8 Å². The van der Waals surface area contributed by atoms with Gasteiger partial charge in [0, 0.05) is 12.3 Å². The molecule has 0 aliphatic rings. The molecule has 0 bridgehead atoms. The molecule has 64 valence electrons. The van der Waals surface area contributed by atoms with Gasteiger partial charge in [-0.25, -0.2) is 0 Å². The molecule has 1 unspecified atom stereocenters. The number of rotatable bonds is 4. The van der Waals surface area contributed by atoms with Gasteiger partial charge < -0.3 is 4.74 Å². The van der Waals surface area contributed by atoms with Gasteiger partial charge in [-0.3, -0.25) is 9.59 Å². The highest BCUT2D eigenvalue weighted by molar-refractivity contribution is 6.63. The highest BCUT2D eigenvalue weighted by Gasteiger charge is 2.11. The zero-order chi connectivity index (χ0) is 8.85. The van der Waals surface area contributed by atoms with Gasteiger partial charge in [-0.05, 0) is 18.0 Å². The van der Waals surface area contributed by atoms with Gasteiger partial charge in [-0.1, -0.05) is 6.92 Å². The number of esters is 1. The molecule has 0 N–H and O–H groups in total. The van der Waals surface area contributed by atoms with Crippen LogP contribution in [0.25, 0.3) is 0 Å². The molecule has 1 atom stereocenters. The van der Waals surface area contributed by atoms with E-state index in [1.807, 2.05) is 0 Å². The normalized spacial score (nSPS) is 12.3. The summed E-state index contributed by atoms with van der Waals surface area (Å²) in [6, 6.07) is 0. The predicted octanol–water partition coefficient (Wildman–Crippen LogP) is 1.34. The third kappa shape index (κ3) is 4.79. The maximum Gasteiger partial charge on any atom is 0.305 e. The van der Waals surface area contributed by atoms with Gasteiger partial charge in [0.15, 0.2) is 0 Å². The molecule has 0 rings (SSSR count). The van der Waals surface area contributed by atoms with Crippen LogP contribution in [0.2, 0.25) is 0 Å². The zero-order valence-electron chi connectivity index (χ0n) is 6.59. The first-order chi connectivity index (χ1) is 5.07. The Morgan fingerprint density at radius 2 is 2.09 bits per heavy atom. The average Bonchev–Trinajstić information content (AvgIpc) is 1.99. The molecule has 11 heavy (non-hydrogen) atoms. The fourth-order valence-electron chi connectivity index (χ4n) is 0.550. The molecular weight excluding hydrogens is 168 g/mol. The Kier molecular flexibility index (Phi) is 4.86. The van der Waals surface area contributed by atoms with Crippen molar-refractivity contribution in [1.29, 1.82) is 0 Å². The lowest BCUT2D eigenvalue weighted by Crippen LogP contribution is -2.08. The third-order valence-corrected chi connectivity index (χ3v) is 1.77. The van der Waals surface area contributed by atoms with Gasteiger partial charge in [0.05, 0.1) is 7.11 Å². The number of halogens is 1. The maximum absolute atomic E-state index is 10.6. The summed E-state index contributed by atoms with van der Waals surface area (Å²) in [5, 5.41) is -0.408. The van der Waals surface area contributed by atoms with E-state index < -0.39 is 5.24 Å². The molecule has 3 nitrogen and oxygen atoms in total. The molecule has 0 heterocycles. The molecule has 0 aliphatic carbocycles. The van der Waals surface area contributed by atoms with Gasteiger partial charge in [0.25, 0.3) is 0 Å². The number of carbonyl (C=O) groups is 2. The average molecular weight is 179 g/mol. The Bertz CT molecular complexity index is 156. The molecule has 0 amide bonds. The number of carbonyl (C=O) groups excluding carboxylic acids is 2. The molecule has 0 saturated heterocycles. The summed E-state index contributed by atoms with van der Waals surface area (Å²) >= 11 is 5.16. The molecule has 0 spiro atoms. The van der Waals surface area contributed by atoms with E-state index >= 15 is 0 Å². The minimum atomic E-state index is -0.408. The molecule has 0 fully saturated rings. The number of hydrogen-bond acceptors (Lipinski definition) is 3. The largest absolute Gasteiger partial charge is 0.469 e. The molecule has 0 aromatic rings. The molecule has 0 aromatic carbocycles. The summed E-state index contributed by atoms with van der Waals surface area (Å²) in [5.74, 6) is -0.578. The summed E-state index contributed by atoms with van der Waals surface area (Å²) in [7, 11) is 1.31. The van der Waals surface area contributed by atoms with Crippen molar-refractivity contribution in [3.8, 4) is 0 Å². The lowest BCUT2D eigenvalue weighted by atomic mass is 10.1. The van der Waals surface area contributed by atoms with Crippen molar-refractivity contribution < 1.29 is 14.3 Å². The fourth-order valence-corrected chi connectivity index (χ4v) is 0.659. The zero-order valence-corrected chi connectivity index (χ0v) is 7.35. The summed E-state index contributed by atoms with van der Waals surface area (Å²) < 4.78 is 4.39. The Hall–Kier alpha value is -0.570. The number of methoxy groups -OCH3 is 1. The molecular formula is C7H11ClO3. The van der Waals surface area contributed by atoms with E-state index in [-0.39, 0.29) is 18.3 Å². The van der Waals surface area contributed by atoms with E-state index in [0.717, 1.165) is 0 Å². The van der Waals surface area contributed by atoms with Gasteiger partial charge in [0.2, 0.25) is 5.24 Å². The lowest BCUT2D eigenvalue weighted by Gasteiger charge is -2.03. The topological polar surface area (TPSA) is 43.4 Å². The Morgan fingerprint density at radius 3 is 2.45 bits per heavy atom. The van der Waals surface area contributed by atoms with E-state index in [1.54, 1.807) is 6.92 Å². The molecule has 0 aliphatic heterocycles. The first-order valence-corrected chi connectivity index (χ1v) is 3.72. The summed E-state index contributed by atoms with van der Waals surface area (Å²) in [6.45, 7) is 1.68. The fraction of sp³-hybridized carbons (Fsp3) is 0.714.